The number of hydrogen-bond acceptors (Lipinski definition) is 2. The summed E-state index contributed by atoms with van der Waals surface area (Å²) < 4.78 is 0. The predicted octanol–water partition coefficient (Wildman–Crippen LogP) is 4.71. The number of aryl methyl sites for hydroxylation is 1. The minimum Gasteiger partial charge on any atom is -0.383 e. The van der Waals surface area contributed by atoms with Crippen LogP contribution in [-0.2, 0) is 6.42 Å². The average molecular weight is 296 g/mol. The first-order valence-corrected chi connectivity index (χ1v) is 7.85. The maximum atomic E-state index is 12.2. The van der Waals surface area contributed by atoms with Crippen LogP contribution in [0.4, 0.5) is 11.4 Å². The number of nitrogens with one attached hydrogen (secondary N) is 2. The summed E-state index contributed by atoms with van der Waals surface area (Å²) in [5, 5.41) is 6.25. The molecule has 22 heavy (non-hydrogen) atoms. The minimum absolute atomic E-state index is 0.0763. The summed E-state index contributed by atoms with van der Waals surface area (Å²) in [7, 11) is 0. The lowest BCUT2D eigenvalue weighted by atomic mass is 10.1. The van der Waals surface area contributed by atoms with Crippen LogP contribution in [0, 0.1) is 0 Å². The molecule has 0 bridgehead atoms. The molecule has 116 valence electrons. The highest BCUT2D eigenvalue weighted by Crippen LogP contribution is 2.16. The van der Waals surface area contributed by atoms with Crippen LogP contribution in [0.5, 0.6) is 0 Å². The van der Waals surface area contributed by atoms with E-state index >= 15 is 0 Å². The van der Waals surface area contributed by atoms with Crippen molar-refractivity contribution in [2.24, 2.45) is 0 Å². The third kappa shape index (κ3) is 4.62. The quantitative estimate of drug-likeness (QED) is 0.810. The van der Waals surface area contributed by atoms with Gasteiger partial charge in [0.2, 0.25) is 0 Å². The molecule has 0 aliphatic carbocycles. The molecule has 2 aromatic carbocycles. The molecule has 0 aliphatic heterocycles. The van der Waals surface area contributed by atoms with Crippen LogP contribution in [0.1, 0.15) is 43.1 Å². The molecule has 0 fully saturated rings. The van der Waals surface area contributed by atoms with Crippen molar-refractivity contribution in [2.45, 2.75) is 39.7 Å². The second-order valence-corrected chi connectivity index (χ2v) is 5.78. The van der Waals surface area contributed by atoms with Crippen LogP contribution < -0.4 is 10.6 Å². The summed E-state index contributed by atoms with van der Waals surface area (Å²) in [5.74, 6) is -0.0763. The van der Waals surface area contributed by atoms with E-state index in [1.54, 1.807) is 0 Å². The zero-order valence-electron chi connectivity index (χ0n) is 13.5. The van der Waals surface area contributed by atoms with Gasteiger partial charge in [-0.15, -0.1) is 0 Å². The molecule has 0 atom stereocenters. The Hall–Kier alpha value is -2.29. The van der Waals surface area contributed by atoms with Crippen LogP contribution in [0.2, 0.25) is 0 Å². The summed E-state index contributed by atoms with van der Waals surface area (Å²) in [4.78, 5) is 12.2. The Labute approximate surface area is 132 Å². The summed E-state index contributed by atoms with van der Waals surface area (Å²) >= 11 is 0. The van der Waals surface area contributed by atoms with E-state index in [1.807, 2.05) is 48.5 Å². The fourth-order valence-corrected chi connectivity index (χ4v) is 2.30. The van der Waals surface area contributed by atoms with Crippen LogP contribution in [0.25, 0.3) is 0 Å². The van der Waals surface area contributed by atoms with Gasteiger partial charge in [-0.25, -0.2) is 0 Å². The summed E-state index contributed by atoms with van der Waals surface area (Å²) in [6.45, 7) is 6.34. The van der Waals surface area contributed by atoms with Crippen molar-refractivity contribution < 1.29 is 4.79 Å². The molecule has 3 nitrogen and oxygen atoms in total. The lowest BCUT2D eigenvalue weighted by Crippen LogP contribution is -2.12. The second-order valence-electron chi connectivity index (χ2n) is 5.78. The molecule has 0 aliphatic rings. The molecule has 0 saturated carbocycles. The zero-order valence-corrected chi connectivity index (χ0v) is 13.5. The molecule has 2 N–H and O–H groups in total. The van der Waals surface area contributed by atoms with E-state index in [-0.39, 0.29) is 5.91 Å². The first-order valence-electron chi connectivity index (χ1n) is 7.85. The number of rotatable bonds is 6. The third-order valence-corrected chi connectivity index (χ3v) is 3.35. The van der Waals surface area contributed by atoms with Crippen molar-refractivity contribution in [3.05, 3.63) is 59.7 Å². The normalized spacial score (nSPS) is 10.5. The molecule has 0 radical (unpaired) electrons. The maximum absolute atomic E-state index is 12.2. The van der Waals surface area contributed by atoms with E-state index in [0.29, 0.717) is 11.6 Å². The van der Waals surface area contributed by atoms with Crippen molar-refractivity contribution in [3.63, 3.8) is 0 Å². The Morgan fingerprint density at radius 1 is 0.955 bits per heavy atom. The van der Waals surface area contributed by atoms with Gasteiger partial charge in [-0.2, -0.15) is 0 Å². The standard InChI is InChI=1S/C19H24N2O/c1-4-5-15-6-8-16(9-7-15)19(22)21-18-12-10-17(11-13-18)20-14(2)3/h6-14,20H,4-5H2,1-3H3,(H,21,22). The Kier molecular flexibility index (Phi) is 5.59. The van der Waals surface area contributed by atoms with E-state index < -0.39 is 0 Å². The molecular weight excluding hydrogens is 272 g/mol. The van der Waals surface area contributed by atoms with E-state index in [1.165, 1.54) is 5.56 Å². The van der Waals surface area contributed by atoms with Gasteiger partial charge < -0.3 is 10.6 Å². The molecule has 2 aromatic rings. The monoisotopic (exact) mass is 296 g/mol. The average Bonchev–Trinajstić information content (AvgIpc) is 2.50. The number of amides is 1. The van der Waals surface area contributed by atoms with E-state index in [4.69, 9.17) is 0 Å². The van der Waals surface area contributed by atoms with E-state index in [2.05, 4.69) is 31.4 Å². The third-order valence-electron chi connectivity index (χ3n) is 3.35. The van der Waals surface area contributed by atoms with Gasteiger partial charge in [0, 0.05) is 23.0 Å². The van der Waals surface area contributed by atoms with Gasteiger partial charge in [0.05, 0.1) is 0 Å². The largest absolute Gasteiger partial charge is 0.383 e. The fraction of sp³-hybridized carbons (Fsp3) is 0.316. The number of carbonyl (C=O) groups excluding carboxylic acids is 1. The molecule has 0 unspecified atom stereocenters. The van der Waals surface area contributed by atoms with E-state index in [0.717, 1.165) is 24.2 Å². The van der Waals surface area contributed by atoms with Crippen LogP contribution in [0.15, 0.2) is 48.5 Å². The van der Waals surface area contributed by atoms with Crippen LogP contribution >= 0.6 is 0 Å². The van der Waals surface area contributed by atoms with Crippen molar-refractivity contribution in [1.29, 1.82) is 0 Å². The molecule has 1 amide bonds. The van der Waals surface area contributed by atoms with Crippen molar-refractivity contribution in [3.8, 4) is 0 Å². The Bertz CT molecular complexity index is 600. The van der Waals surface area contributed by atoms with Crippen molar-refractivity contribution in [2.75, 3.05) is 10.6 Å². The minimum atomic E-state index is -0.0763. The van der Waals surface area contributed by atoms with Crippen molar-refractivity contribution in [1.82, 2.24) is 0 Å². The zero-order chi connectivity index (χ0) is 15.9. The fourth-order valence-electron chi connectivity index (χ4n) is 2.30. The number of hydrogen-bond donors (Lipinski definition) is 2. The van der Waals surface area contributed by atoms with E-state index in [9.17, 15) is 4.79 Å². The topological polar surface area (TPSA) is 41.1 Å². The van der Waals surface area contributed by atoms with Crippen molar-refractivity contribution >= 4 is 17.3 Å². The first-order chi connectivity index (χ1) is 10.6. The molecule has 0 spiro atoms. The second kappa shape index (κ2) is 7.64. The highest BCUT2D eigenvalue weighted by atomic mass is 16.1. The number of anilines is 2. The summed E-state index contributed by atoms with van der Waals surface area (Å²) in [6, 6.07) is 16.0. The lowest BCUT2D eigenvalue weighted by Gasteiger charge is -2.11. The van der Waals surface area contributed by atoms with Gasteiger partial charge in [0.25, 0.3) is 5.91 Å². The van der Waals surface area contributed by atoms with Gasteiger partial charge in [-0.05, 0) is 62.2 Å². The predicted molar refractivity (Wildman–Crippen MR) is 93.6 cm³/mol. The van der Waals surface area contributed by atoms with Gasteiger partial charge in [0.1, 0.15) is 0 Å². The van der Waals surface area contributed by atoms with Gasteiger partial charge in [-0.1, -0.05) is 25.5 Å². The van der Waals surface area contributed by atoms with Crippen LogP contribution in [-0.4, -0.2) is 11.9 Å². The molecule has 0 aromatic heterocycles. The smallest absolute Gasteiger partial charge is 0.255 e. The number of carbonyl (C=O) groups is 1. The SMILES string of the molecule is CCCc1ccc(C(=O)Nc2ccc(NC(C)C)cc2)cc1. The molecule has 0 saturated heterocycles. The van der Waals surface area contributed by atoms with Gasteiger partial charge in [-0.3, -0.25) is 4.79 Å². The highest BCUT2D eigenvalue weighted by Gasteiger charge is 2.06. The molecule has 2 rings (SSSR count). The van der Waals surface area contributed by atoms with Gasteiger partial charge in [0.15, 0.2) is 0 Å². The lowest BCUT2D eigenvalue weighted by molar-refractivity contribution is 0.102. The van der Waals surface area contributed by atoms with Gasteiger partial charge >= 0.3 is 0 Å². The Morgan fingerprint density at radius 2 is 1.55 bits per heavy atom. The highest BCUT2D eigenvalue weighted by molar-refractivity contribution is 6.04. The number of benzene rings is 2. The molecule has 3 heteroatoms. The Balaban J connectivity index is 1.99. The Morgan fingerprint density at radius 3 is 2.09 bits per heavy atom. The summed E-state index contributed by atoms with van der Waals surface area (Å²) in [5.41, 5.74) is 3.81. The molecular formula is C19H24N2O. The molecule has 0 heterocycles. The maximum Gasteiger partial charge on any atom is 0.255 e. The summed E-state index contributed by atoms with van der Waals surface area (Å²) in [6.07, 6.45) is 2.16. The first kappa shape index (κ1) is 16.1. The van der Waals surface area contributed by atoms with Crippen LogP contribution in [0.3, 0.4) is 0 Å².